The van der Waals surface area contributed by atoms with Gasteiger partial charge >= 0.3 is 0 Å². The number of allylic oxidation sites excluding steroid dienone is 5. The summed E-state index contributed by atoms with van der Waals surface area (Å²) >= 11 is 3.67. The van der Waals surface area contributed by atoms with E-state index >= 15 is 0 Å². The van der Waals surface area contributed by atoms with E-state index in [-0.39, 0.29) is 5.91 Å². The minimum Gasteiger partial charge on any atom is -0.279 e. The van der Waals surface area contributed by atoms with Crippen LogP contribution in [0.25, 0.3) is 90.0 Å². The van der Waals surface area contributed by atoms with Gasteiger partial charge in [-0.25, -0.2) is 0 Å². The maximum Gasteiger partial charge on any atom is 0.235 e. The Kier molecular flexibility index (Phi) is 6.01. The number of hydrogen-bond acceptors (Lipinski definition) is 3. The van der Waals surface area contributed by atoms with Crippen molar-refractivity contribution in [3.8, 4) is 22.3 Å². The first-order valence-corrected chi connectivity index (χ1v) is 17.8. The molecule has 1 aliphatic heterocycles. The molecule has 0 saturated carbocycles. The summed E-state index contributed by atoms with van der Waals surface area (Å²) < 4.78 is 7.09. The van der Waals surface area contributed by atoms with Gasteiger partial charge in [-0.15, -0.1) is 22.7 Å². The summed E-state index contributed by atoms with van der Waals surface area (Å²) in [5.74, 6) is 0.0495. The SMILES string of the molecule is C=C1/C=C\C=C/CC(=O)n2c3ccc(-c4ccc5sc6ccccc6c5c4)cc3c3cc(-c4ccc5sc6ccccc6c5c4)cc1c32. The number of aromatic nitrogens is 1. The van der Waals surface area contributed by atoms with E-state index in [1.54, 1.807) is 0 Å². The van der Waals surface area contributed by atoms with Gasteiger partial charge in [-0.2, -0.15) is 0 Å². The highest BCUT2D eigenvalue weighted by Crippen LogP contribution is 2.43. The Balaban J connectivity index is 1.25. The first-order chi connectivity index (χ1) is 23.6. The highest BCUT2D eigenvalue weighted by Gasteiger charge is 2.22. The molecule has 0 saturated heterocycles. The molecule has 10 rings (SSSR count). The third kappa shape index (κ3) is 4.13. The Morgan fingerprint density at radius 3 is 1.79 bits per heavy atom. The number of rotatable bonds is 2. The summed E-state index contributed by atoms with van der Waals surface area (Å²) in [5, 5.41) is 7.24. The average molecular weight is 650 g/mol. The van der Waals surface area contributed by atoms with Crippen molar-refractivity contribution in [1.29, 1.82) is 0 Å². The van der Waals surface area contributed by atoms with Gasteiger partial charge in [0.15, 0.2) is 0 Å². The van der Waals surface area contributed by atoms with E-state index in [2.05, 4.69) is 122 Å². The van der Waals surface area contributed by atoms with Gasteiger partial charge in [-0.3, -0.25) is 9.36 Å². The fourth-order valence-corrected chi connectivity index (χ4v) is 9.58. The molecule has 6 aromatic carbocycles. The van der Waals surface area contributed by atoms with E-state index < -0.39 is 0 Å². The molecule has 9 aromatic rings. The molecule has 3 aromatic heterocycles. The standard InChI is InChI=1S/C44H27NOS2/c1-26-9-3-2-4-14-43(46)45-38-18-15-27(28-16-19-41-35(22-28)31-10-5-7-12-39(31)47-41)21-34(38)37-25-30(24-33(26)44(37)45)29-17-20-42-36(23-29)32-11-6-8-13-40(32)48-42/h2-13,15-25H,1,14H2/b4-2-,9-3-. The third-order valence-corrected chi connectivity index (χ3v) is 12.0. The first kappa shape index (κ1) is 27.6. The van der Waals surface area contributed by atoms with Crippen LogP contribution in [0.2, 0.25) is 0 Å². The zero-order chi connectivity index (χ0) is 31.9. The Labute approximate surface area is 284 Å². The number of nitrogens with zero attached hydrogens (tertiary/aromatic N) is 1. The maximum atomic E-state index is 13.9. The average Bonchev–Trinajstić information content (AvgIpc) is 3.79. The largest absolute Gasteiger partial charge is 0.279 e. The van der Waals surface area contributed by atoms with E-state index in [9.17, 15) is 4.79 Å². The van der Waals surface area contributed by atoms with E-state index in [1.807, 2.05) is 51.5 Å². The van der Waals surface area contributed by atoms with E-state index in [0.29, 0.717) is 6.42 Å². The number of fused-ring (bicyclic) bond motifs is 9. The van der Waals surface area contributed by atoms with Gasteiger partial charge in [0.2, 0.25) is 5.91 Å². The first-order valence-electron chi connectivity index (χ1n) is 16.1. The molecule has 0 aliphatic carbocycles. The molecule has 1 aliphatic rings. The lowest BCUT2D eigenvalue weighted by Gasteiger charge is -2.13. The molecule has 0 atom stereocenters. The van der Waals surface area contributed by atoms with Crippen LogP contribution >= 0.6 is 22.7 Å². The lowest BCUT2D eigenvalue weighted by atomic mass is 9.94. The van der Waals surface area contributed by atoms with Gasteiger partial charge in [-0.1, -0.05) is 85.5 Å². The van der Waals surface area contributed by atoms with Gasteiger partial charge in [0.05, 0.1) is 11.0 Å². The van der Waals surface area contributed by atoms with Crippen molar-refractivity contribution in [1.82, 2.24) is 4.57 Å². The highest BCUT2D eigenvalue weighted by molar-refractivity contribution is 7.26. The number of hydrogen-bond donors (Lipinski definition) is 0. The van der Waals surface area contributed by atoms with Gasteiger partial charge in [0.1, 0.15) is 0 Å². The van der Waals surface area contributed by atoms with Crippen molar-refractivity contribution in [3.63, 3.8) is 0 Å². The topological polar surface area (TPSA) is 22.0 Å². The molecule has 4 heterocycles. The van der Waals surface area contributed by atoms with Crippen LogP contribution in [0.3, 0.4) is 0 Å². The monoisotopic (exact) mass is 649 g/mol. The summed E-state index contributed by atoms with van der Waals surface area (Å²) in [5.41, 5.74) is 8.25. The number of benzene rings is 6. The summed E-state index contributed by atoms with van der Waals surface area (Å²) in [7, 11) is 0. The Morgan fingerprint density at radius 2 is 1.10 bits per heavy atom. The molecule has 0 bridgehead atoms. The normalized spacial score (nSPS) is 15.0. The summed E-state index contributed by atoms with van der Waals surface area (Å²) in [6.45, 7) is 4.50. The number of carbonyl (C=O) groups is 1. The Morgan fingerprint density at radius 1 is 0.542 bits per heavy atom. The van der Waals surface area contributed by atoms with Crippen LogP contribution in [-0.4, -0.2) is 10.5 Å². The molecule has 0 spiro atoms. The Bertz CT molecular complexity index is 2910. The van der Waals surface area contributed by atoms with E-state index in [0.717, 1.165) is 49.6 Å². The predicted molar refractivity (Wildman–Crippen MR) is 209 cm³/mol. The minimum absolute atomic E-state index is 0.0495. The van der Waals surface area contributed by atoms with Crippen molar-refractivity contribution in [2.45, 2.75) is 6.42 Å². The minimum atomic E-state index is 0.0495. The fourth-order valence-electron chi connectivity index (χ4n) is 7.41. The lowest BCUT2D eigenvalue weighted by molar-refractivity contribution is 0.0927. The second-order valence-corrected chi connectivity index (χ2v) is 14.7. The highest BCUT2D eigenvalue weighted by atomic mass is 32.1. The van der Waals surface area contributed by atoms with Crippen LogP contribution in [0.15, 0.2) is 146 Å². The van der Waals surface area contributed by atoms with Crippen molar-refractivity contribution >= 4 is 96.3 Å². The van der Waals surface area contributed by atoms with Gasteiger partial charge in [0.25, 0.3) is 0 Å². The van der Waals surface area contributed by atoms with Crippen LogP contribution in [0.4, 0.5) is 0 Å². The predicted octanol–water partition coefficient (Wildman–Crippen LogP) is 13.0. The molecular weight excluding hydrogens is 623 g/mol. The third-order valence-electron chi connectivity index (χ3n) is 9.71. The van der Waals surface area contributed by atoms with Crippen molar-refractivity contribution in [2.24, 2.45) is 0 Å². The molecule has 0 fully saturated rings. The number of carbonyl (C=O) groups excluding carboxylic acids is 1. The molecule has 4 heteroatoms. The van der Waals surface area contributed by atoms with Crippen LogP contribution in [-0.2, 0) is 0 Å². The van der Waals surface area contributed by atoms with Gasteiger partial charge < -0.3 is 0 Å². The quantitative estimate of drug-likeness (QED) is 0.183. The zero-order valence-corrected chi connectivity index (χ0v) is 27.5. The van der Waals surface area contributed by atoms with E-state index in [1.165, 1.54) is 45.9 Å². The second-order valence-electron chi connectivity index (χ2n) is 12.5. The van der Waals surface area contributed by atoms with Crippen LogP contribution in [0.1, 0.15) is 16.8 Å². The maximum absolute atomic E-state index is 13.9. The molecule has 48 heavy (non-hydrogen) atoms. The fraction of sp³-hybridized carbons (Fsp3) is 0.0227. The van der Waals surface area contributed by atoms with Gasteiger partial charge in [0, 0.05) is 63.1 Å². The van der Waals surface area contributed by atoms with Gasteiger partial charge in [-0.05, 0) is 88.5 Å². The molecule has 226 valence electrons. The lowest BCUT2D eigenvalue weighted by Crippen LogP contribution is -2.10. The molecule has 0 amide bonds. The van der Waals surface area contributed by atoms with Crippen LogP contribution < -0.4 is 0 Å². The van der Waals surface area contributed by atoms with E-state index in [4.69, 9.17) is 0 Å². The smallest absolute Gasteiger partial charge is 0.235 e. The molecule has 2 nitrogen and oxygen atoms in total. The zero-order valence-electron chi connectivity index (χ0n) is 25.9. The van der Waals surface area contributed by atoms with Crippen molar-refractivity contribution in [3.05, 3.63) is 152 Å². The number of thiophene rings is 2. The van der Waals surface area contributed by atoms with Crippen LogP contribution in [0.5, 0.6) is 0 Å². The molecule has 0 N–H and O–H groups in total. The van der Waals surface area contributed by atoms with Crippen LogP contribution in [0, 0.1) is 0 Å². The molecular formula is C44H27NOS2. The summed E-state index contributed by atoms with van der Waals surface area (Å²) in [6, 6.07) is 41.9. The van der Waals surface area contributed by atoms with Crippen molar-refractivity contribution < 1.29 is 4.79 Å². The van der Waals surface area contributed by atoms with Crippen molar-refractivity contribution in [2.75, 3.05) is 0 Å². The molecule has 0 radical (unpaired) electrons. The second kappa shape index (κ2) is 10.5. The molecule has 0 unspecified atom stereocenters. The summed E-state index contributed by atoms with van der Waals surface area (Å²) in [6.07, 6.45) is 8.23. The summed E-state index contributed by atoms with van der Waals surface area (Å²) in [4.78, 5) is 13.9. The Hall–Kier alpha value is -5.55.